The lowest BCUT2D eigenvalue weighted by atomic mass is 10.0. The smallest absolute Gasteiger partial charge is 0.282 e. The number of anilines is 1. The summed E-state index contributed by atoms with van der Waals surface area (Å²) in [5, 5.41) is 10.4. The van der Waals surface area contributed by atoms with Gasteiger partial charge < -0.3 is 9.47 Å². The monoisotopic (exact) mass is 446 g/mol. The molecule has 33 heavy (non-hydrogen) atoms. The number of imide groups is 1. The van der Waals surface area contributed by atoms with Crippen LogP contribution in [0.5, 0.6) is 0 Å². The molecule has 0 saturated carbocycles. The number of imidazole rings is 1. The molecule has 12 nitrogen and oxygen atoms in total. The summed E-state index contributed by atoms with van der Waals surface area (Å²) in [4.78, 5) is 56.8. The highest BCUT2D eigenvalue weighted by atomic mass is 16.2. The van der Waals surface area contributed by atoms with E-state index in [0.717, 1.165) is 5.56 Å². The number of benzene rings is 1. The summed E-state index contributed by atoms with van der Waals surface area (Å²) in [6, 6.07) is 4.59. The van der Waals surface area contributed by atoms with Crippen LogP contribution in [-0.2, 0) is 22.7 Å². The first-order valence-corrected chi connectivity index (χ1v) is 10.5. The number of carbonyl (C=O) groups is 4. The molecule has 1 unspecified atom stereocenters. The maximum atomic E-state index is 13.0. The summed E-state index contributed by atoms with van der Waals surface area (Å²) in [5.74, 6) is -0.771. The van der Waals surface area contributed by atoms with Gasteiger partial charge in [-0.05, 0) is 24.1 Å². The summed E-state index contributed by atoms with van der Waals surface area (Å²) >= 11 is 0. The lowest BCUT2D eigenvalue weighted by Gasteiger charge is -2.29. The van der Waals surface area contributed by atoms with Crippen molar-refractivity contribution in [3.8, 4) is 5.69 Å². The van der Waals surface area contributed by atoms with Gasteiger partial charge in [0.05, 0.1) is 11.9 Å². The van der Waals surface area contributed by atoms with E-state index in [-0.39, 0.29) is 29.8 Å². The fraction of sp³-hybridized carbons (Fsp3) is 0.286. The van der Waals surface area contributed by atoms with E-state index >= 15 is 0 Å². The van der Waals surface area contributed by atoms with Crippen molar-refractivity contribution >= 4 is 29.6 Å². The number of aromatic nitrogens is 5. The van der Waals surface area contributed by atoms with Gasteiger partial charge in [0, 0.05) is 44.0 Å². The van der Waals surface area contributed by atoms with E-state index in [1.165, 1.54) is 15.8 Å². The average molecular weight is 446 g/mol. The number of piperidine rings is 1. The van der Waals surface area contributed by atoms with Crippen molar-refractivity contribution in [2.75, 3.05) is 11.4 Å². The Balaban J connectivity index is 1.24. The van der Waals surface area contributed by atoms with Gasteiger partial charge in [0.15, 0.2) is 5.69 Å². The number of hydrogen-bond acceptors (Lipinski definition) is 7. The Hall–Kier alpha value is -4.35. The second kappa shape index (κ2) is 7.08. The van der Waals surface area contributed by atoms with Crippen molar-refractivity contribution in [3.05, 3.63) is 53.6 Å². The Morgan fingerprint density at radius 2 is 2.03 bits per heavy atom. The van der Waals surface area contributed by atoms with Crippen molar-refractivity contribution < 1.29 is 19.2 Å². The minimum Gasteiger partial charge on any atom is -0.322 e. The zero-order valence-electron chi connectivity index (χ0n) is 17.3. The molecule has 2 aromatic heterocycles. The molecule has 5 heterocycles. The molecule has 3 aromatic rings. The summed E-state index contributed by atoms with van der Waals surface area (Å²) in [6.45, 7) is 1.48. The molecule has 3 aliphatic heterocycles. The van der Waals surface area contributed by atoms with Gasteiger partial charge in [0.25, 0.3) is 11.8 Å². The first-order chi connectivity index (χ1) is 16.0. The van der Waals surface area contributed by atoms with Gasteiger partial charge in [-0.1, -0.05) is 11.3 Å². The lowest BCUT2D eigenvalue weighted by Crippen LogP contribution is -2.52. The molecule has 3 aliphatic rings. The number of nitrogens with one attached hydrogen (secondary N) is 1. The molecule has 1 atom stereocenters. The van der Waals surface area contributed by atoms with E-state index in [2.05, 4.69) is 20.6 Å². The average Bonchev–Trinajstić information content (AvgIpc) is 3.58. The van der Waals surface area contributed by atoms with E-state index in [9.17, 15) is 19.2 Å². The summed E-state index contributed by atoms with van der Waals surface area (Å²) in [7, 11) is 0. The molecule has 1 aromatic carbocycles. The molecule has 12 heteroatoms. The first-order valence-electron chi connectivity index (χ1n) is 10.5. The van der Waals surface area contributed by atoms with E-state index in [1.807, 2.05) is 10.8 Å². The Morgan fingerprint density at radius 1 is 1.15 bits per heavy atom. The number of rotatable bonds is 3. The van der Waals surface area contributed by atoms with Crippen LogP contribution in [0.3, 0.4) is 0 Å². The highest BCUT2D eigenvalue weighted by Gasteiger charge is 2.39. The molecule has 0 bridgehead atoms. The normalized spacial score (nSPS) is 19.6. The Bertz CT molecular complexity index is 1340. The van der Waals surface area contributed by atoms with Gasteiger partial charge >= 0.3 is 0 Å². The lowest BCUT2D eigenvalue weighted by molar-refractivity contribution is -0.136. The second-order valence-corrected chi connectivity index (χ2v) is 8.17. The Morgan fingerprint density at radius 3 is 2.88 bits per heavy atom. The third-order valence-corrected chi connectivity index (χ3v) is 6.23. The van der Waals surface area contributed by atoms with Gasteiger partial charge in [-0.3, -0.25) is 29.4 Å². The summed E-state index contributed by atoms with van der Waals surface area (Å²) in [6.07, 6.45) is 5.49. The quantitative estimate of drug-likeness (QED) is 0.554. The van der Waals surface area contributed by atoms with Crippen LogP contribution < -0.4 is 10.2 Å². The van der Waals surface area contributed by atoms with Crippen LogP contribution in [0.4, 0.5) is 5.95 Å². The number of amides is 4. The van der Waals surface area contributed by atoms with Crippen LogP contribution in [0, 0.1) is 0 Å². The molecule has 166 valence electrons. The molecular weight excluding hydrogens is 428 g/mol. The van der Waals surface area contributed by atoms with Crippen LogP contribution in [0.25, 0.3) is 5.69 Å². The molecule has 1 N–H and O–H groups in total. The minimum atomic E-state index is -0.672. The number of hydrogen-bond donors (Lipinski definition) is 1. The fourth-order valence-corrected chi connectivity index (χ4v) is 4.53. The molecule has 0 radical (unpaired) electrons. The van der Waals surface area contributed by atoms with Crippen LogP contribution in [-0.4, -0.2) is 65.7 Å². The molecule has 1 fully saturated rings. The molecule has 4 amide bonds. The summed E-state index contributed by atoms with van der Waals surface area (Å²) in [5.41, 5.74) is 1.99. The maximum absolute atomic E-state index is 13.0. The highest BCUT2D eigenvalue weighted by Crippen LogP contribution is 2.29. The van der Waals surface area contributed by atoms with Crippen molar-refractivity contribution in [1.29, 1.82) is 0 Å². The zero-order valence-corrected chi connectivity index (χ0v) is 17.3. The first kappa shape index (κ1) is 19.3. The van der Waals surface area contributed by atoms with Crippen LogP contribution in [0.15, 0.2) is 36.8 Å². The fourth-order valence-electron chi connectivity index (χ4n) is 4.53. The zero-order chi connectivity index (χ0) is 22.7. The SMILES string of the molecule is O=C1CCC(N2Cc3ccc(-n4cc(C(=O)N5CCn6ccnc65)nn4)cc3C2=O)C(=O)N1. The van der Waals surface area contributed by atoms with E-state index in [0.29, 0.717) is 43.3 Å². The minimum absolute atomic E-state index is 0.170. The van der Waals surface area contributed by atoms with Gasteiger partial charge in [0.1, 0.15) is 6.04 Å². The maximum Gasteiger partial charge on any atom is 0.282 e. The molecule has 0 spiro atoms. The van der Waals surface area contributed by atoms with Crippen LogP contribution in [0.2, 0.25) is 0 Å². The van der Waals surface area contributed by atoms with Gasteiger partial charge in [-0.15, -0.1) is 5.10 Å². The second-order valence-electron chi connectivity index (χ2n) is 8.17. The highest BCUT2D eigenvalue weighted by molar-refractivity contribution is 6.06. The van der Waals surface area contributed by atoms with Crippen LogP contribution in [0.1, 0.15) is 39.3 Å². The van der Waals surface area contributed by atoms with Gasteiger partial charge in [-0.2, -0.15) is 0 Å². The predicted molar refractivity (Wildman–Crippen MR) is 111 cm³/mol. The molecule has 6 rings (SSSR count). The summed E-state index contributed by atoms with van der Waals surface area (Å²) < 4.78 is 3.33. The Labute approximate surface area is 186 Å². The van der Waals surface area contributed by atoms with Crippen molar-refractivity contribution in [1.82, 2.24) is 34.8 Å². The number of nitrogens with zero attached hydrogens (tertiary/aromatic N) is 7. The predicted octanol–water partition coefficient (Wildman–Crippen LogP) is -0.115. The van der Waals surface area contributed by atoms with Crippen molar-refractivity contribution in [2.24, 2.45) is 0 Å². The number of carbonyl (C=O) groups excluding carboxylic acids is 4. The molecule has 0 aliphatic carbocycles. The Kier molecular flexibility index (Phi) is 4.15. The van der Waals surface area contributed by atoms with Gasteiger partial charge in [0.2, 0.25) is 17.8 Å². The molecular formula is C21H18N8O4. The van der Waals surface area contributed by atoms with E-state index in [4.69, 9.17) is 0 Å². The number of fused-ring (bicyclic) bond motifs is 2. The van der Waals surface area contributed by atoms with E-state index in [1.54, 1.807) is 29.3 Å². The largest absolute Gasteiger partial charge is 0.322 e. The third kappa shape index (κ3) is 3.02. The standard InChI is InChI=1S/C21H18N8O4/c30-17-4-3-16(18(31)23-17)28-10-12-1-2-13(9-14(12)19(28)32)29-11-15(24-25-29)20(33)27-8-7-26-6-5-22-21(26)27/h1-2,5-6,9,11,16H,3-4,7-8,10H2,(H,23,30,31). The third-order valence-electron chi connectivity index (χ3n) is 6.23. The molecule has 1 saturated heterocycles. The van der Waals surface area contributed by atoms with Crippen molar-refractivity contribution in [2.45, 2.75) is 32.0 Å². The van der Waals surface area contributed by atoms with Crippen molar-refractivity contribution in [3.63, 3.8) is 0 Å². The van der Waals surface area contributed by atoms with Crippen LogP contribution >= 0.6 is 0 Å². The topological polar surface area (TPSA) is 135 Å². The van der Waals surface area contributed by atoms with Gasteiger partial charge in [-0.25, -0.2) is 9.67 Å². The van der Waals surface area contributed by atoms with E-state index < -0.39 is 11.9 Å².